The van der Waals surface area contributed by atoms with E-state index in [4.69, 9.17) is 39.5 Å². The summed E-state index contributed by atoms with van der Waals surface area (Å²) in [6.45, 7) is -0.506. The van der Waals surface area contributed by atoms with Crippen molar-refractivity contribution in [2.24, 2.45) is 0 Å². The molecule has 0 aliphatic heterocycles. The Labute approximate surface area is 230 Å². The zero-order valence-corrected chi connectivity index (χ0v) is 23.5. The van der Waals surface area contributed by atoms with Crippen molar-refractivity contribution in [2.75, 3.05) is 6.26 Å². The second kappa shape index (κ2) is 11.8. The molecule has 0 atom stereocenters. The SMILES string of the molecule is CSc1nc2cc(Oc3cccc(Cl)c3Cl)c(Cl)cc2n1COP(=O)([O-])[O-].[Na+].[Na+]. The van der Waals surface area contributed by atoms with Crippen molar-refractivity contribution in [3.05, 3.63) is 45.4 Å². The van der Waals surface area contributed by atoms with Crippen LogP contribution in [0.2, 0.25) is 15.1 Å². The molecule has 0 aliphatic rings. The van der Waals surface area contributed by atoms with Crippen LogP contribution in [0.4, 0.5) is 0 Å². The molecule has 3 rings (SSSR count). The van der Waals surface area contributed by atoms with Crippen LogP contribution in [-0.2, 0) is 15.8 Å². The summed E-state index contributed by atoms with van der Waals surface area (Å²) in [6.07, 6.45) is 1.75. The third-order valence-corrected chi connectivity index (χ3v) is 5.64. The standard InChI is InChI=1S/C15H12Cl3N2O5PS.2Na/c1-27-15-19-10-6-13(25-12-4-2-3-8(16)14(12)18)9(17)5-11(10)20(15)7-24-26(21,22)23;;/h2-6H,7H2,1H3,(H2,21,22,23);;/q;2*+1/p-2. The normalized spacial score (nSPS) is 11.1. The number of hydrogen-bond donors (Lipinski definition) is 0. The van der Waals surface area contributed by atoms with E-state index < -0.39 is 14.6 Å². The van der Waals surface area contributed by atoms with Gasteiger partial charge in [0, 0.05) is 6.07 Å². The van der Waals surface area contributed by atoms with Crippen molar-refractivity contribution >= 4 is 65.4 Å². The molecule has 29 heavy (non-hydrogen) atoms. The fourth-order valence-electron chi connectivity index (χ4n) is 2.27. The van der Waals surface area contributed by atoms with E-state index in [-0.39, 0.29) is 74.9 Å². The number of nitrogens with zero attached hydrogens (tertiary/aromatic N) is 2. The summed E-state index contributed by atoms with van der Waals surface area (Å²) in [7, 11) is -5.14. The molecular formula is C15H10Cl3N2Na2O5PS. The molecule has 0 saturated heterocycles. The van der Waals surface area contributed by atoms with E-state index >= 15 is 0 Å². The van der Waals surface area contributed by atoms with Gasteiger partial charge in [-0.2, -0.15) is 0 Å². The van der Waals surface area contributed by atoms with Crippen LogP contribution in [0, 0.1) is 0 Å². The van der Waals surface area contributed by atoms with Crippen LogP contribution in [-0.4, -0.2) is 15.8 Å². The fourth-order valence-corrected chi connectivity index (χ4v) is 3.62. The predicted octanol–water partition coefficient (Wildman–Crippen LogP) is -1.68. The molecule has 0 N–H and O–H groups in total. The first-order chi connectivity index (χ1) is 12.7. The summed E-state index contributed by atoms with van der Waals surface area (Å²) in [5.41, 5.74) is 0.939. The van der Waals surface area contributed by atoms with E-state index in [1.54, 1.807) is 30.5 Å². The Hall–Kier alpha value is 1.04. The van der Waals surface area contributed by atoms with E-state index in [1.807, 2.05) is 0 Å². The summed E-state index contributed by atoms with van der Waals surface area (Å²) in [5.74, 6) is 0.599. The number of imidazole rings is 1. The minimum atomic E-state index is -5.14. The van der Waals surface area contributed by atoms with Crippen LogP contribution in [0.1, 0.15) is 0 Å². The molecule has 0 unspecified atom stereocenters. The average Bonchev–Trinajstić information content (AvgIpc) is 2.93. The molecule has 0 bridgehead atoms. The Morgan fingerprint density at radius 3 is 2.45 bits per heavy atom. The van der Waals surface area contributed by atoms with E-state index in [0.29, 0.717) is 27.0 Å². The summed E-state index contributed by atoms with van der Waals surface area (Å²) in [6, 6.07) is 8.03. The molecule has 2 aromatic carbocycles. The molecule has 144 valence electrons. The van der Waals surface area contributed by atoms with Crippen molar-refractivity contribution in [3.8, 4) is 11.5 Å². The minimum absolute atomic E-state index is 0. The van der Waals surface area contributed by atoms with Gasteiger partial charge in [0.15, 0.2) is 5.16 Å². The number of hydrogen-bond acceptors (Lipinski definition) is 7. The van der Waals surface area contributed by atoms with Gasteiger partial charge in [-0.15, -0.1) is 0 Å². The predicted molar refractivity (Wildman–Crippen MR) is 102 cm³/mol. The van der Waals surface area contributed by atoms with E-state index in [9.17, 15) is 14.4 Å². The van der Waals surface area contributed by atoms with Gasteiger partial charge >= 0.3 is 59.1 Å². The average molecular weight is 514 g/mol. The third kappa shape index (κ3) is 7.01. The largest absolute Gasteiger partial charge is 1.00 e. The fraction of sp³-hybridized carbons (Fsp3) is 0.133. The van der Waals surface area contributed by atoms with Crippen LogP contribution >= 0.6 is 54.4 Å². The number of fused-ring (bicyclic) bond motifs is 1. The molecule has 1 aromatic heterocycles. The van der Waals surface area contributed by atoms with Gasteiger partial charge < -0.3 is 23.6 Å². The van der Waals surface area contributed by atoms with Crippen molar-refractivity contribution < 1.29 is 82.7 Å². The summed E-state index contributed by atoms with van der Waals surface area (Å²) in [4.78, 5) is 25.9. The zero-order valence-electron chi connectivity index (χ0n) is 15.5. The molecule has 0 aliphatic carbocycles. The van der Waals surface area contributed by atoms with Crippen molar-refractivity contribution in [1.82, 2.24) is 9.55 Å². The summed E-state index contributed by atoms with van der Waals surface area (Å²) < 4.78 is 22.3. The summed E-state index contributed by atoms with van der Waals surface area (Å²) >= 11 is 19.6. The van der Waals surface area contributed by atoms with E-state index in [0.717, 1.165) is 0 Å². The molecule has 0 spiro atoms. The first-order valence-corrected chi connectivity index (χ1v) is 11.0. The zero-order chi connectivity index (χ0) is 19.8. The topological polar surface area (TPSA) is 99.5 Å². The second-order valence-electron chi connectivity index (χ2n) is 5.16. The maximum Gasteiger partial charge on any atom is 1.00 e. The number of rotatable bonds is 6. The van der Waals surface area contributed by atoms with Gasteiger partial charge in [-0.3, -0.25) is 4.57 Å². The number of phosphoric acid groups is 1. The summed E-state index contributed by atoms with van der Waals surface area (Å²) in [5, 5.41) is 1.23. The van der Waals surface area contributed by atoms with Crippen LogP contribution in [0.25, 0.3) is 11.0 Å². The van der Waals surface area contributed by atoms with Gasteiger partial charge in [-0.05, 0) is 24.5 Å². The molecular weight excluding hydrogens is 504 g/mol. The Morgan fingerprint density at radius 2 is 1.83 bits per heavy atom. The Bertz CT molecular complexity index is 1070. The van der Waals surface area contributed by atoms with Crippen molar-refractivity contribution in [2.45, 2.75) is 11.9 Å². The molecule has 0 saturated carbocycles. The smallest absolute Gasteiger partial charge is 0.790 e. The van der Waals surface area contributed by atoms with Gasteiger partial charge in [-0.1, -0.05) is 52.6 Å². The number of thioether (sulfide) groups is 1. The number of halogens is 3. The maximum atomic E-state index is 10.8. The maximum absolute atomic E-state index is 10.8. The quantitative estimate of drug-likeness (QED) is 0.221. The van der Waals surface area contributed by atoms with Crippen molar-refractivity contribution in [3.63, 3.8) is 0 Å². The monoisotopic (exact) mass is 512 g/mol. The van der Waals surface area contributed by atoms with Crippen molar-refractivity contribution in [1.29, 1.82) is 0 Å². The molecule has 0 fully saturated rings. The van der Waals surface area contributed by atoms with Crippen LogP contribution in [0.3, 0.4) is 0 Å². The molecule has 0 amide bonds. The first-order valence-electron chi connectivity index (χ1n) is 7.22. The van der Waals surface area contributed by atoms with Crippen LogP contribution in [0.15, 0.2) is 35.5 Å². The number of ether oxygens (including phenoxy) is 1. The Morgan fingerprint density at radius 1 is 1.14 bits per heavy atom. The van der Waals surface area contributed by atoms with Gasteiger partial charge in [0.25, 0.3) is 0 Å². The number of benzene rings is 2. The number of phosphoric ester groups is 1. The minimum Gasteiger partial charge on any atom is -0.790 e. The van der Waals surface area contributed by atoms with Gasteiger partial charge in [0.2, 0.25) is 0 Å². The number of aromatic nitrogens is 2. The molecule has 3 aromatic rings. The third-order valence-electron chi connectivity index (χ3n) is 3.43. The molecule has 0 radical (unpaired) electrons. The first kappa shape index (κ1) is 28.1. The Kier molecular flexibility index (Phi) is 11.4. The Balaban J connectivity index is 0.00000210. The van der Waals surface area contributed by atoms with Crippen LogP contribution in [0.5, 0.6) is 11.5 Å². The molecule has 7 nitrogen and oxygen atoms in total. The van der Waals surface area contributed by atoms with E-state index in [2.05, 4.69) is 9.51 Å². The van der Waals surface area contributed by atoms with Crippen LogP contribution < -0.4 is 73.6 Å². The molecule has 14 heteroatoms. The van der Waals surface area contributed by atoms with Gasteiger partial charge in [0.05, 0.1) is 28.9 Å². The second-order valence-corrected chi connectivity index (χ2v) is 8.28. The van der Waals surface area contributed by atoms with Gasteiger partial charge in [0.1, 0.15) is 23.3 Å². The molecule has 1 heterocycles. The van der Waals surface area contributed by atoms with Gasteiger partial charge in [-0.25, -0.2) is 4.98 Å². The van der Waals surface area contributed by atoms with E-state index in [1.165, 1.54) is 22.4 Å².